The third-order valence-corrected chi connectivity index (χ3v) is 3.25. The first-order chi connectivity index (χ1) is 7.41. The van der Waals surface area contributed by atoms with Crippen LogP contribution in [-0.2, 0) is 0 Å². The Bertz CT molecular complexity index is 352. The van der Waals surface area contributed by atoms with Gasteiger partial charge in [0.1, 0.15) is 5.75 Å². The average Bonchev–Trinajstić information content (AvgIpc) is 2.19. The van der Waals surface area contributed by atoms with E-state index in [-0.39, 0.29) is 6.04 Å². The van der Waals surface area contributed by atoms with Crippen LogP contribution < -0.4 is 0 Å². The molecule has 1 atom stereocenters. The lowest BCUT2D eigenvalue weighted by molar-refractivity contribution is 0.229. The van der Waals surface area contributed by atoms with Gasteiger partial charge in [-0.1, -0.05) is 29.8 Å². The lowest BCUT2D eigenvalue weighted by Gasteiger charge is -2.27. The molecule has 0 aliphatic carbocycles. The summed E-state index contributed by atoms with van der Waals surface area (Å²) in [6.45, 7) is 7.53. The van der Waals surface area contributed by atoms with E-state index in [2.05, 4.69) is 48.6 Å². The SMILES string of the molecule is CC(C)CN(C)C(C)c1cc(Br)ccc1O. The zero-order valence-corrected chi connectivity index (χ0v) is 12.0. The quantitative estimate of drug-likeness (QED) is 0.910. The van der Waals surface area contributed by atoms with Crippen LogP contribution in [0, 0.1) is 5.92 Å². The largest absolute Gasteiger partial charge is 0.508 e. The molecule has 0 radical (unpaired) electrons. The van der Waals surface area contributed by atoms with Gasteiger partial charge < -0.3 is 5.11 Å². The number of phenols is 1. The van der Waals surface area contributed by atoms with Crippen molar-refractivity contribution in [2.75, 3.05) is 13.6 Å². The fourth-order valence-electron chi connectivity index (χ4n) is 1.83. The van der Waals surface area contributed by atoms with E-state index in [0.29, 0.717) is 11.7 Å². The molecule has 0 heterocycles. The van der Waals surface area contributed by atoms with Crippen molar-refractivity contribution >= 4 is 15.9 Å². The van der Waals surface area contributed by atoms with Crippen LogP contribution in [0.4, 0.5) is 0 Å². The zero-order valence-electron chi connectivity index (χ0n) is 10.4. The maximum absolute atomic E-state index is 9.84. The van der Waals surface area contributed by atoms with E-state index in [1.165, 1.54) is 0 Å². The average molecular weight is 286 g/mol. The zero-order chi connectivity index (χ0) is 12.3. The number of hydrogen-bond acceptors (Lipinski definition) is 2. The molecule has 1 rings (SSSR count). The summed E-state index contributed by atoms with van der Waals surface area (Å²) in [4.78, 5) is 2.26. The van der Waals surface area contributed by atoms with Crippen LogP contribution in [0.5, 0.6) is 5.75 Å². The molecule has 0 fully saturated rings. The van der Waals surface area contributed by atoms with Gasteiger partial charge in [0.2, 0.25) is 0 Å². The number of halogens is 1. The number of phenolic OH excluding ortho intramolecular Hbond substituents is 1. The van der Waals surface area contributed by atoms with Crippen LogP contribution in [0.25, 0.3) is 0 Å². The van der Waals surface area contributed by atoms with Crippen molar-refractivity contribution in [3.63, 3.8) is 0 Å². The van der Waals surface area contributed by atoms with Crippen molar-refractivity contribution in [1.82, 2.24) is 4.90 Å². The van der Waals surface area contributed by atoms with Crippen LogP contribution in [0.15, 0.2) is 22.7 Å². The molecule has 0 aliphatic rings. The molecular weight excluding hydrogens is 266 g/mol. The van der Waals surface area contributed by atoms with Gasteiger partial charge in [-0.3, -0.25) is 4.90 Å². The van der Waals surface area contributed by atoms with Crippen LogP contribution >= 0.6 is 15.9 Å². The van der Waals surface area contributed by atoms with Crippen LogP contribution in [0.2, 0.25) is 0 Å². The summed E-state index contributed by atoms with van der Waals surface area (Å²) < 4.78 is 1.00. The van der Waals surface area contributed by atoms with E-state index in [0.717, 1.165) is 16.6 Å². The molecule has 0 bridgehead atoms. The second kappa shape index (κ2) is 5.69. The molecule has 16 heavy (non-hydrogen) atoms. The summed E-state index contributed by atoms with van der Waals surface area (Å²) in [6, 6.07) is 5.80. The molecule has 0 aliphatic heterocycles. The van der Waals surface area contributed by atoms with E-state index < -0.39 is 0 Å². The molecule has 0 amide bonds. The van der Waals surface area contributed by atoms with Crippen molar-refractivity contribution in [2.45, 2.75) is 26.8 Å². The molecule has 0 saturated carbocycles. The summed E-state index contributed by atoms with van der Waals surface area (Å²) in [5.74, 6) is 0.994. The summed E-state index contributed by atoms with van der Waals surface area (Å²) in [5.41, 5.74) is 0.970. The fraction of sp³-hybridized carbons (Fsp3) is 0.538. The maximum Gasteiger partial charge on any atom is 0.120 e. The second-order valence-corrected chi connectivity index (χ2v) is 5.63. The Morgan fingerprint density at radius 2 is 1.94 bits per heavy atom. The number of nitrogens with zero attached hydrogens (tertiary/aromatic N) is 1. The third kappa shape index (κ3) is 3.49. The maximum atomic E-state index is 9.84. The fourth-order valence-corrected chi connectivity index (χ4v) is 2.21. The van der Waals surface area contributed by atoms with Gasteiger partial charge in [-0.2, -0.15) is 0 Å². The van der Waals surface area contributed by atoms with Crippen LogP contribution in [0.1, 0.15) is 32.4 Å². The first-order valence-corrected chi connectivity index (χ1v) is 6.39. The summed E-state index contributed by atoms with van der Waals surface area (Å²) >= 11 is 3.43. The van der Waals surface area contributed by atoms with Crippen molar-refractivity contribution < 1.29 is 5.11 Å². The van der Waals surface area contributed by atoms with Crippen molar-refractivity contribution in [2.24, 2.45) is 5.92 Å². The van der Waals surface area contributed by atoms with Gasteiger partial charge >= 0.3 is 0 Å². The first-order valence-electron chi connectivity index (χ1n) is 5.60. The molecular formula is C13H20BrNO. The van der Waals surface area contributed by atoms with E-state index in [1.807, 2.05) is 12.1 Å². The Morgan fingerprint density at radius 3 is 2.50 bits per heavy atom. The molecule has 1 aromatic rings. The number of hydrogen-bond donors (Lipinski definition) is 1. The highest BCUT2D eigenvalue weighted by Gasteiger charge is 2.16. The Morgan fingerprint density at radius 1 is 1.31 bits per heavy atom. The lowest BCUT2D eigenvalue weighted by Crippen LogP contribution is -2.26. The molecule has 0 spiro atoms. The summed E-state index contributed by atoms with van der Waals surface area (Å²) in [5, 5.41) is 9.84. The molecule has 1 N–H and O–H groups in total. The standard InChI is InChI=1S/C13H20BrNO/c1-9(2)8-15(4)10(3)12-7-11(14)5-6-13(12)16/h5-7,9-10,16H,8H2,1-4H3. The highest BCUT2D eigenvalue weighted by Crippen LogP contribution is 2.30. The van der Waals surface area contributed by atoms with E-state index in [1.54, 1.807) is 6.07 Å². The van der Waals surface area contributed by atoms with Crippen molar-refractivity contribution in [3.05, 3.63) is 28.2 Å². The normalized spacial score (nSPS) is 13.4. The molecule has 3 heteroatoms. The smallest absolute Gasteiger partial charge is 0.120 e. The minimum atomic E-state index is 0.222. The van der Waals surface area contributed by atoms with Crippen molar-refractivity contribution in [1.29, 1.82) is 0 Å². The highest BCUT2D eigenvalue weighted by molar-refractivity contribution is 9.10. The van der Waals surface area contributed by atoms with E-state index in [4.69, 9.17) is 0 Å². The van der Waals surface area contributed by atoms with E-state index >= 15 is 0 Å². The minimum absolute atomic E-state index is 0.222. The Labute approximate surface area is 106 Å². The highest BCUT2D eigenvalue weighted by atomic mass is 79.9. The lowest BCUT2D eigenvalue weighted by atomic mass is 10.1. The van der Waals surface area contributed by atoms with Gasteiger partial charge in [-0.05, 0) is 38.1 Å². The minimum Gasteiger partial charge on any atom is -0.508 e. The number of aromatic hydroxyl groups is 1. The van der Waals surface area contributed by atoms with Crippen molar-refractivity contribution in [3.8, 4) is 5.75 Å². The summed E-state index contributed by atoms with van der Waals surface area (Å²) in [6.07, 6.45) is 0. The van der Waals surface area contributed by atoms with E-state index in [9.17, 15) is 5.11 Å². The number of benzene rings is 1. The summed E-state index contributed by atoms with van der Waals surface area (Å²) in [7, 11) is 2.09. The van der Waals surface area contributed by atoms with Gasteiger partial charge in [-0.25, -0.2) is 0 Å². The molecule has 0 saturated heterocycles. The second-order valence-electron chi connectivity index (χ2n) is 4.71. The molecule has 90 valence electrons. The van der Waals surface area contributed by atoms with Gasteiger partial charge in [0.05, 0.1) is 0 Å². The molecule has 0 aromatic heterocycles. The third-order valence-electron chi connectivity index (χ3n) is 2.75. The molecule has 2 nitrogen and oxygen atoms in total. The Kier molecular flexibility index (Phi) is 4.81. The van der Waals surface area contributed by atoms with Gasteiger partial charge in [-0.15, -0.1) is 0 Å². The van der Waals surface area contributed by atoms with Gasteiger partial charge in [0.25, 0.3) is 0 Å². The molecule has 1 unspecified atom stereocenters. The topological polar surface area (TPSA) is 23.5 Å². The Balaban J connectivity index is 2.86. The van der Waals surface area contributed by atoms with Crippen LogP contribution in [-0.4, -0.2) is 23.6 Å². The monoisotopic (exact) mass is 285 g/mol. The van der Waals surface area contributed by atoms with Gasteiger partial charge in [0.15, 0.2) is 0 Å². The predicted octanol–water partition coefficient (Wildman–Crippen LogP) is 3.80. The van der Waals surface area contributed by atoms with Crippen LogP contribution in [0.3, 0.4) is 0 Å². The Hall–Kier alpha value is -0.540. The first kappa shape index (κ1) is 13.5. The predicted molar refractivity (Wildman–Crippen MR) is 71.7 cm³/mol. The van der Waals surface area contributed by atoms with Gasteiger partial charge in [0, 0.05) is 22.6 Å². The molecule has 1 aromatic carbocycles. The number of rotatable bonds is 4.